The summed E-state index contributed by atoms with van der Waals surface area (Å²) in [7, 11) is 0. The molecule has 2 rings (SSSR count). The van der Waals surface area contributed by atoms with Gasteiger partial charge >= 0.3 is 0 Å². The summed E-state index contributed by atoms with van der Waals surface area (Å²) >= 11 is 0. The first-order valence-electron chi connectivity index (χ1n) is 6.27. The van der Waals surface area contributed by atoms with Crippen LogP contribution >= 0.6 is 0 Å². The van der Waals surface area contributed by atoms with E-state index in [9.17, 15) is 0 Å². The molecule has 0 saturated heterocycles. The number of aromatic nitrogens is 2. The van der Waals surface area contributed by atoms with Crippen LogP contribution in [0.4, 0.5) is 5.82 Å². The van der Waals surface area contributed by atoms with Gasteiger partial charge in [0.15, 0.2) is 0 Å². The summed E-state index contributed by atoms with van der Waals surface area (Å²) in [5, 5.41) is 4.36. The number of anilines is 1. The van der Waals surface area contributed by atoms with E-state index < -0.39 is 0 Å². The molecule has 96 valence electrons. The van der Waals surface area contributed by atoms with Gasteiger partial charge in [-0.3, -0.25) is 0 Å². The van der Waals surface area contributed by atoms with Crippen LogP contribution in [-0.2, 0) is 13.0 Å². The molecule has 4 heteroatoms. The van der Waals surface area contributed by atoms with E-state index in [2.05, 4.69) is 24.2 Å². The molecule has 0 amide bonds. The van der Waals surface area contributed by atoms with Gasteiger partial charge in [-0.1, -0.05) is 24.3 Å². The summed E-state index contributed by atoms with van der Waals surface area (Å²) < 4.78 is 1.86. The third-order valence-electron chi connectivity index (χ3n) is 3.19. The van der Waals surface area contributed by atoms with Gasteiger partial charge < -0.3 is 11.5 Å². The fourth-order valence-corrected chi connectivity index (χ4v) is 1.99. The van der Waals surface area contributed by atoms with Crippen molar-refractivity contribution in [2.75, 3.05) is 12.3 Å². The molecule has 0 spiro atoms. The summed E-state index contributed by atoms with van der Waals surface area (Å²) in [6, 6.07) is 8.29. The normalized spacial score (nSPS) is 10.8. The zero-order valence-electron chi connectivity index (χ0n) is 10.8. The molecule has 0 aliphatic heterocycles. The Labute approximate surface area is 108 Å². The second-order valence-electron chi connectivity index (χ2n) is 4.53. The maximum absolute atomic E-state index is 6.10. The highest BCUT2D eigenvalue weighted by Crippen LogP contribution is 2.16. The van der Waals surface area contributed by atoms with E-state index in [1.165, 1.54) is 11.1 Å². The highest BCUT2D eigenvalue weighted by atomic mass is 15.3. The van der Waals surface area contributed by atoms with Crippen LogP contribution in [0.5, 0.6) is 0 Å². The van der Waals surface area contributed by atoms with Crippen LogP contribution < -0.4 is 11.5 Å². The van der Waals surface area contributed by atoms with Crippen LogP contribution in [0.2, 0.25) is 0 Å². The average molecular weight is 244 g/mol. The van der Waals surface area contributed by atoms with Gasteiger partial charge in [-0.2, -0.15) is 5.10 Å². The minimum Gasteiger partial charge on any atom is -0.384 e. The Kier molecular flexibility index (Phi) is 3.99. The second-order valence-corrected chi connectivity index (χ2v) is 4.53. The summed E-state index contributed by atoms with van der Waals surface area (Å²) in [5.41, 5.74) is 15.2. The third-order valence-corrected chi connectivity index (χ3v) is 3.19. The quantitative estimate of drug-likeness (QED) is 0.841. The zero-order chi connectivity index (χ0) is 13.0. The largest absolute Gasteiger partial charge is 0.384 e. The van der Waals surface area contributed by atoms with Crippen LogP contribution in [0.15, 0.2) is 30.5 Å². The van der Waals surface area contributed by atoms with E-state index in [0.29, 0.717) is 6.54 Å². The van der Waals surface area contributed by atoms with E-state index >= 15 is 0 Å². The molecular formula is C14H20N4. The fraction of sp³-hybridized carbons (Fsp3) is 0.357. The van der Waals surface area contributed by atoms with Crippen LogP contribution in [0.3, 0.4) is 0 Å². The van der Waals surface area contributed by atoms with Crippen molar-refractivity contribution in [3.8, 4) is 0 Å². The van der Waals surface area contributed by atoms with Gasteiger partial charge in [-0.05, 0) is 37.4 Å². The van der Waals surface area contributed by atoms with Gasteiger partial charge in [0.1, 0.15) is 5.82 Å². The number of hydrogen-bond acceptors (Lipinski definition) is 3. The average Bonchev–Trinajstić information content (AvgIpc) is 2.71. The van der Waals surface area contributed by atoms with E-state index in [4.69, 9.17) is 11.5 Å². The summed E-state index contributed by atoms with van der Waals surface area (Å²) in [6.07, 6.45) is 3.69. The number of nitrogen functional groups attached to an aromatic ring is 1. The van der Waals surface area contributed by atoms with E-state index in [0.717, 1.165) is 30.8 Å². The molecule has 1 aromatic heterocycles. The Bertz CT molecular complexity index is 516. The lowest BCUT2D eigenvalue weighted by Crippen LogP contribution is -2.08. The maximum atomic E-state index is 6.10. The predicted octanol–water partition coefficient (Wildman–Crippen LogP) is 1.71. The van der Waals surface area contributed by atoms with Crippen LogP contribution in [0.25, 0.3) is 0 Å². The number of rotatable bonds is 5. The Morgan fingerprint density at radius 2 is 2.00 bits per heavy atom. The molecule has 0 radical (unpaired) electrons. The first kappa shape index (κ1) is 12.6. The Hall–Kier alpha value is -1.81. The van der Waals surface area contributed by atoms with Crippen molar-refractivity contribution < 1.29 is 0 Å². The van der Waals surface area contributed by atoms with Crippen LogP contribution in [-0.4, -0.2) is 16.3 Å². The van der Waals surface area contributed by atoms with E-state index in [1.807, 2.05) is 23.0 Å². The van der Waals surface area contributed by atoms with Crippen molar-refractivity contribution in [3.05, 3.63) is 47.2 Å². The summed E-state index contributed by atoms with van der Waals surface area (Å²) in [4.78, 5) is 0. The topological polar surface area (TPSA) is 69.9 Å². The van der Waals surface area contributed by atoms with Gasteiger partial charge in [0.05, 0.1) is 12.7 Å². The molecule has 0 aliphatic carbocycles. The highest BCUT2D eigenvalue weighted by Gasteiger charge is 2.08. The Morgan fingerprint density at radius 3 is 2.72 bits per heavy atom. The van der Waals surface area contributed by atoms with Gasteiger partial charge in [-0.25, -0.2) is 4.68 Å². The number of hydrogen-bond donors (Lipinski definition) is 2. The first-order chi connectivity index (χ1) is 8.72. The zero-order valence-corrected chi connectivity index (χ0v) is 10.8. The van der Waals surface area contributed by atoms with Gasteiger partial charge in [0.2, 0.25) is 0 Å². The van der Waals surface area contributed by atoms with Crippen molar-refractivity contribution in [3.63, 3.8) is 0 Å². The molecule has 0 fully saturated rings. The minimum atomic E-state index is 0.683. The lowest BCUT2D eigenvalue weighted by Gasteiger charge is -2.08. The highest BCUT2D eigenvalue weighted by molar-refractivity contribution is 5.40. The molecule has 0 unspecified atom stereocenters. The lowest BCUT2D eigenvalue weighted by atomic mass is 10.1. The molecule has 4 N–H and O–H groups in total. The summed E-state index contributed by atoms with van der Waals surface area (Å²) in [6.45, 7) is 3.51. The SMILES string of the molecule is Cc1ccccc1Cn1ncc(CCCN)c1N. The molecule has 0 aliphatic rings. The third kappa shape index (κ3) is 2.71. The molecule has 0 atom stereocenters. The van der Waals surface area contributed by atoms with E-state index in [1.54, 1.807) is 0 Å². The molecule has 18 heavy (non-hydrogen) atoms. The predicted molar refractivity (Wildman–Crippen MR) is 74.3 cm³/mol. The maximum Gasteiger partial charge on any atom is 0.125 e. The molecule has 2 aromatic rings. The fourth-order valence-electron chi connectivity index (χ4n) is 1.99. The Balaban J connectivity index is 2.15. The van der Waals surface area contributed by atoms with E-state index in [-0.39, 0.29) is 0 Å². The first-order valence-corrected chi connectivity index (χ1v) is 6.27. The van der Waals surface area contributed by atoms with Gasteiger partial charge in [0.25, 0.3) is 0 Å². The smallest absolute Gasteiger partial charge is 0.125 e. The second kappa shape index (κ2) is 5.69. The van der Waals surface area contributed by atoms with Crippen molar-refractivity contribution >= 4 is 5.82 Å². The lowest BCUT2D eigenvalue weighted by molar-refractivity contribution is 0.693. The van der Waals surface area contributed by atoms with Crippen LogP contribution in [0, 0.1) is 6.92 Å². The van der Waals surface area contributed by atoms with Gasteiger partial charge in [-0.15, -0.1) is 0 Å². The van der Waals surface area contributed by atoms with Gasteiger partial charge in [0, 0.05) is 5.56 Å². The Morgan fingerprint density at radius 1 is 1.22 bits per heavy atom. The standard InChI is InChI=1S/C14H20N4/c1-11-5-2-3-6-13(11)10-18-14(16)12(9-17-18)7-4-8-15/h2-3,5-6,9H,4,7-8,10,15-16H2,1H3. The van der Waals surface area contributed by atoms with Crippen LogP contribution in [0.1, 0.15) is 23.1 Å². The monoisotopic (exact) mass is 244 g/mol. The van der Waals surface area contributed by atoms with Crippen molar-refractivity contribution in [1.82, 2.24) is 9.78 Å². The number of aryl methyl sites for hydroxylation is 2. The van der Waals surface area contributed by atoms with Crippen molar-refractivity contribution in [1.29, 1.82) is 0 Å². The number of nitrogens with two attached hydrogens (primary N) is 2. The molecule has 0 bridgehead atoms. The van der Waals surface area contributed by atoms with Crippen molar-refractivity contribution in [2.45, 2.75) is 26.3 Å². The summed E-state index contributed by atoms with van der Waals surface area (Å²) in [5.74, 6) is 0.756. The molecular weight excluding hydrogens is 224 g/mol. The molecule has 1 heterocycles. The molecule has 0 saturated carbocycles. The minimum absolute atomic E-state index is 0.683. The number of benzene rings is 1. The molecule has 4 nitrogen and oxygen atoms in total. The molecule has 1 aromatic carbocycles. The number of nitrogens with zero attached hydrogens (tertiary/aromatic N) is 2. The van der Waals surface area contributed by atoms with Crippen molar-refractivity contribution in [2.24, 2.45) is 5.73 Å².